The quantitative estimate of drug-likeness (QED) is 0.472. The molecule has 1 aromatic heterocycles. The van der Waals surface area contributed by atoms with E-state index in [4.69, 9.17) is 5.73 Å². The van der Waals surface area contributed by atoms with Crippen molar-refractivity contribution >= 4 is 17.6 Å². The molecule has 2 N–H and O–H groups in total. The van der Waals surface area contributed by atoms with E-state index in [1.165, 1.54) is 12.8 Å². The second-order valence-corrected chi connectivity index (χ2v) is 4.37. The van der Waals surface area contributed by atoms with Crippen LogP contribution in [0.15, 0.2) is 5.03 Å². The van der Waals surface area contributed by atoms with Crippen molar-refractivity contribution in [3.8, 4) is 0 Å². The molecule has 0 amide bonds. The number of rotatable bonds is 4. The third-order valence-electron chi connectivity index (χ3n) is 1.99. The van der Waals surface area contributed by atoms with Gasteiger partial charge in [-0.15, -0.1) is 11.8 Å². The maximum absolute atomic E-state index is 5.76. The van der Waals surface area contributed by atoms with Crippen LogP contribution in [0.3, 0.4) is 0 Å². The van der Waals surface area contributed by atoms with E-state index in [1.54, 1.807) is 11.8 Å². The van der Waals surface area contributed by atoms with Crippen LogP contribution in [-0.4, -0.2) is 15.7 Å². The molecule has 0 aliphatic heterocycles. The Morgan fingerprint density at radius 3 is 2.64 bits per heavy atom. The van der Waals surface area contributed by atoms with E-state index in [2.05, 4.69) is 16.9 Å². The molecule has 1 heterocycles. The summed E-state index contributed by atoms with van der Waals surface area (Å²) < 4.78 is 0. The van der Waals surface area contributed by atoms with Crippen molar-refractivity contribution in [1.29, 1.82) is 0 Å². The number of anilines is 1. The molecular weight excluding hydrogens is 194 g/mol. The Morgan fingerprint density at radius 2 is 2.00 bits per heavy atom. The summed E-state index contributed by atoms with van der Waals surface area (Å²) in [7, 11) is 0. The average Bonchev–Trinajstić information content (AvgIpc) is 2.13. The normalized spacial score (nSPS) is 10.5. The van der Waals surface area contributed by atoms with Crippen molar-refractivity contribution in [2.24, 2.45) is 0 Å². The van der Waals surface area contributed by atoms with Gasteiger partial charge in [-0.05, 0) is 26.0 Å². The fourth-order valence-electron chi connectivity index (χ4n) is 1.08. The number of aromatic nitrogens is 2. The van der Waals surface area contributed by atoms with Gasteiger partial charge in [0.05, 0.1) is 0 Å². The molecule has 1 aromatic rings. The van der Waals surface area contributed by atoms with Gasteiger partial charge in [0, 0.05) is 5.56 Å². The van der Waals surface area contributed by atoms with Gasteiger partial charge in [-0.1, -0.05) is 13.3 Å². The molecule has 0 unspecified atom stereocenters. The SMILES string of the molecule is CCCCSc1nc(C)nc(N)c1C. The van der Waals surface area contributed by atoms with Gasteiger partial charge in [0.2, 0.25) is 0 Å². The third-order valence-corrected chi connectivity index (χ3v) is 3.15. The molecular formula is C10H17N3S. The fourth-order valence-corrected chi connectivity index (χ4v) is 2.22. The van der Waals surface area contributed by atoms with Crippen LogP contribution in [0.4, 0.5) is 5.82 Å². The van der Waals surface area contributed by atoms with Crippen LogP contribution in [-0.2, 0) is 0 Å². The van der Waals surface area contributed by atoms with Crippen LogP contribution in [0.5, 0.6) is 0 Å². The summed E-state index contributed by atoms with van der Waals surface area (Å²) in [5.41, 5.74) is 6.77. The molecule has 0 spiro atoms. The zero-order valence-corrected chi connectivity index (χ0v) is 9.82. The lowest BCUT2D eigenvalue weighted by molar-refractivity contribution is 0.889. The second kappa shape index (κ2) is 5.20. The Hall–Kier alpha value is -0.770. The van der Waals surface area contributed by atoms with Crippen LogP contribution in [0.2, 0.25) is 0 Å². The summed E-state index contributed by atoms with van der Waals surface area (Å²) >= 11 is 1.77. The Balaban J connectivity index is 2.75. The summed E-state index contributed by atoms with van der Waals surface area (Å²) in [5.74, 6) is 2.47. The molecule has 14 heavy (non-hydrogen) atoms. The van der Waals surface area contributed by atoms with Gasteiger partial charge in [0.25, 0.3) is 0 Å². The minimum absolute atomic E-state index is 0.608. The van der Waals surface area contributed by atoms with Crippen molar-refractivity contribution in [3.63, 3.8) is 0 Å². The summed E-state index contributed by atoms with van der Waals surface area (Å²) in [4.78, 5) is 8.49. The number of nitrogens with two attached hydrogens (primary N) is 1. The number of unbranched alkanes of at least 4 members (excludes halogenated alkanes) is 1. The van der Waals surface area contributed by atoms with E-state index in [1.807, 2.05) is 13.8 Å². The highest BCUT2D eigenvalue weighted by atomic mass is 32.2. The summed E-state index contributed by atoms with van der Waals surface area (Å²) in [6.07, 6.45) is 2.43. The first-order valence-corrected chi connectivity index (χ1v) is 5.87. The molecule has 78 valence electrons. The van der Waals surface area contributed by atoms with Crippen LogP contribution in [0, 0.1) is 13.8 Å². The maximum atomic E-state index is 5.76. The second-order valence-electron chi connectivity index (χ2n) is 3.29. The van der Waals surface area contributed by atoms with Crippen LogP contribution >= 0.6 is 11.8 Å². The lowest BCUT2D eigenvalue weighted by Crippen LogP contribution is -2.01. The predicted octanol–water partition coefficient (Wildman–Crippen LogP) is 2.57. The first-order valence-electron chi connectivity index (χ1n) is 4.88. The zero-order chi connectivity index (χ0) is 10.6. The topological polar surface area (TPSA) is 51.8 Å². The van der Waals surface area contributed by atoms with E-state index < -0.39 is 0 Å². The van der Waals surface area contributed by atoms with E-state index in [0.29, 0.717) is 5.82 Å². The number of hydrogen-bond donors (Lipinski definition) is 1. The van der Waals surface area contributed by atoms with Gasteiger partial charge in [-0.2, -0.15) is 0 Å². The minimum atomic E-state index is 0.608. The first-order chi connectivity index (χ1) is 6.65. The summed E-state index contributed by atoms with van der Waals surface area (Å²) in [6, 6.07) is 0. The standard InChI is InChI=1S/C10H17N3S/c1-4-5-6-14-10-7(2)9(11)12-8(3)13-10/h4-6H2,1-3H3,(H2,11,12,13). The van der Waals surface area contributed by atoms with E-state index in [0.717, 1.165) is 22.2 Å². The molecule has 4 heteroatoms. The van der Waals surface area contributed by atoms with Crippen molar-refractivity contribution in [2.75, 3.05) is 11.5 Å². The van der Waals surface area contributed by atoms with Gasteiger partial charge in [-0.3, -0.25) is 0 Å². The van der Waals surface area contributed by atoms with Crippen LogP contribution < -0.4 is 5.73 Å². The highest BCUT2D eigenvalue weighted by Crippen LogP contribution is 2.23. The molecule has 0 saturated heterocycles. The molecule has 3 nitrogen and oxygen atoms in total. The number of aryl methyl sites for hydroxylation is 1. The highest BCUT2D eigenvalue weighted by Gasteiger charge is 2.06. The predicted molar refractivity (Wildman–Crippen MR) is 61.6 cm³/mol. The molecule has 0 aromatic carbocycles. The number of nitrogen functional groups attached to an aromatic ring is 1. The fraction of sp³-hybridized carbons (Fsp3) is 0.600. The van der Waals surface area contributed by atoms with Gasteiger partial charge in [0.1, 0.15) is 16.7 Å². The monoisotopic (exact) mass is 211 g/mol. The van der Waals surface area contributed by atoms with Gasteiger partial charge in [0.15, 0.2) is 0 Å². The number of thioether (sulfide) groups is 1. The molecule has 0 fully saturated rings. The lowest BCUT2D eigenvalue weighted by atomic mass is 10.3. The van der Waals surface area contributed by atoms with Crippen LogP contribution in [0.1, 0.15) is 31.2 Å². The Bertz CT molecular complexity index is 312. The van der Waals surface area contributed by atoms with Crippen molar-refractivity contribution < 1.29 is 0 Å². The summed E-state index contributed by atoms with van der Waals surface area (Å²) in [5, 5.41) is 1.03. The molecule has 1 rings (SSSR count). The van der Waals surface area contributed by atoms with Crippen LogP contribution in [0.25, 0.3) is 0 Å². The molecule has 0 atom stereocenters. The van der Waals surface area contributed by atoms with Gasteiger partial charge < -0.3 is 5.73 Å². The summed E-state index contributed by atoms with van der Waals surface area (Å²) in [6.45, 7) is 6.04. The molecule has 0 aliphatic carbocycles. The number of hydrogen-bond acceptors (Lipinski definition) is 4. The Kier molecular flexibility index (Phi) is 4.20. The zero-order valence-electron chi connectivity index (χ0n) is 9.00. The number of nitrogens with zero attached hydrogens (tertiary/aromatic N) is 2. The van der Waals surface area contributed by atoms with Crippen molar-refractivity contribution in [3.05, 3.63) is 11.4 Å². The third kappa shape index (κ3) is 2.87. The Morgan fingerprint density at radius 1 is 1.29 bits per heavy atom. The smallest absolute Gasteiger partial charge is 0.131 e. The largest absolute Gasteiger partial charge is 0.383 e. The van der Waals surface area contributed by atoms with Crippen molar-refractivity contribution in [2.45, 2.75) is 38.6 Å². The van der Waals surface area contributed by atoms with E-state index in [9.17, 15) is 0 Å². The van der Waals surface area contributed by atoms with Crippen molar-refractivity contribution in [1.82, 2.24) is 9.97 Å². The van der Waals surface area contributed by atoms with Gasteiger partial charge >= 0.3 is 0 Å². The first kappa shape index (κ1) is 11.3. The highest BCUT2D eigenvalue weighted by molar-refractivity contribution is 7.99. The molecule has 0 bridgehead atoms. The molecule has 0 aliphatic rings. The van der Waals surface area contributed by atoms with E-state index >= 15 is 0 Å². The molecule has 0 saturated carbocycles. The lowest BCUT2D eigenvalue weighted by Gasteiger charge is -2.07. The molecule has 0 radical (unpaired) electrons. The maximum Gasteiger partial charge on any atom is 0.131 e. The average molecular weight is 211 g/mol. The minimum Gasteiger partial charge on any atom is -0.383 e. The van der Waals surface area contributed by atoms with E-state index in [-0.39, 0.29) is 0 Å². The Labute approximate surface area is 89.5 Å². The van der Waals surface area contributed by atoms with Gasteiger partial charge in [-0.25, -0.2) is 9.97 Å².